The zero-order valence-corrected chi connectivity index (χ0v) is 22.6. The minimum Gasteiger partial charge on any atom is -0.333 e. The van der Waals surface area contributed by atoms with Crippen LogP contribution in [0.5, 0.6) is 0 Å². The number of nitrogens with zero attached hydrogens (tertiary/aromatic N) is 4. The molecule has 0 aliphatic carbocycles. The van der Waals surface area contributed by atoms with Crippen molar-refractivity contribution in [3.63, 3.8) is 0 Å². The highest BCUT2D eigenvalue weighted by atomic mass is 35.5. The predicted octanol–water partition coefficient (Wildman–Crippen LogP) is 4.81. The SMILES string of the molecule is Cc1ccc(-n2cc(-c3ccc(Cl)cc3)nc2NC(=O)CN(CCN(C)C)C(=O)NC(C)(C)C)cc1. The second kappa shape index (κ2) is 11.6. The summed E-state index contributed by atoms with van der Waals surface area (Å²) in [7, 11) is 3.85. The molecule has 0 spiro atoms. The molecule has 0 radical (unpaired) electrons. The third-order valence-electron chi connectivity index (χ3n) is 5.33. The number of carbonyl (C=O) groups is 2. The second-order valence-corrected chi connectivity index (χ2v) is 10.6. The number of carbonyl (C=O) groups excluding carboxylic acids is 2. The molecule has 0 aliphatic rings. The number of anilines is 1. The van der Waals surface area contributed by atoms with E-state index in [9.17, 15) is 9.59 Å². The topological polar surface area (TPSA) is 82.5 Å². The molecule has 0 aliphatic heterocycles. The first-order valence-electron chi connectivity index (χ1n) is 11.9. The van der Waals surface area contributed by atoms with Gasteiger partial charge in [0.05, 0.1) is 5.69 Å². The number of likely N-dealkylation sites (N-methyl/N-ethyl adjacent to an activating group) is 1. The Bertz CT molecular complexity index is 1180. The lowest BCUT2D eigenvalue weighted by molar-refractivity contribution is -0.116. The molecule has 36 heavy (non-hydrogen) atoms. The summed E-state index contributed by atoms with van der Waals surface area (Å²) in [6.07, 6.45) is 1.87. The number of hydrogen-bond donors (Lipinski definition) is 2. The van der Waals surface area contributed by atoms with Gasteiger partial charge in [-0.3, -0.25) is 14.7 Å². The molecule has 0 saturated heterocycles. The number of urea groups is 1. The summed E-state index contributed by atoms with van der Waals surface area (Å²) in [6.45, 7) is 8.68. The molecule has 0 atom stereocenters. The van der Waals surface area contributed by atoms with Crippen LogP contribution < -0.4 is 10.6 Å². The Labute approximate surface area is 218 Å². The lowest BCUT2D eigenvalue weighted by Gasteiger charge is -2.29. The summed E-state index contributed by atoms with van der Waals surface area (Å²) in [6, 6.07) is 15.0. The summed E-state index contributed by atoms with van der Waals surface area (Å²) in [5, 5.41) is 6.49. The van der Waals surface area contributed by atoms with Crippen molar-refractivity contribution < 1.29 is 9.59 Å². The smallest absolute Gasteiger partial charge is 0.318 e. The average Bonchev–Trinajstić information content (AvgIpc) is 3.19. The normalized spacial score (nSPS) is 11.4. The van der Waals surface area contributed by atoms with Crippen LogP contribution in [0.4, 0.5) is 10.7 Å². The second-order valence-electron chi connectivity index (χ2n) is 10.1. The van der Waals surface area contributed by atoms with Gasteiger partial charge in [-0.2, -0.15) is 0 Å². The monoisotopic (exact) mass is 510 g/mol. The summed E-state index contributed by atoms with van der Waals surface area (Å²) < 4.78 is 1.83. The molecule has 2 aromatic carbocycles. The van der Waals surface area contributed by atoms with E-state index in [4.69, 9.17) is 16.6 Å². The number of aromatic nitrogens is 2. The van der Waals surface area contributed by atoms with Crippen molar-refractivity contribution in [2.75, 3.05) is 39.0 Å². The highest BCUT2D eigenvalue weighted by molar-refractivity contribution is 6.30. The highest BCUT2D eigenvalue weighted by Gasteiger charge is 2.23. The van der Waals surface area contributed by atoms with E-state index in [1.54, 1.807) is 12.1 Å². The first-order chi connectivity index (χ1) is 16.9. The van der Waals surface area contributed by atoms with Gasteiger partial charge < -0.3 is 15.1 Å². The molecule has 192 valence electrons. The third-order valence-corrected chi connectivity index (χ3v) is 5.58. The number of hydrogen-bond acceptors (Lipinski definition) is 4. The fourth-order valence-electron chi connectivity index (χ4n) is 3.44. The Morgan fingerprint density at radius 3 is 2.22 bits per heavy atom. The average molecular weight is 511 g/mol. The Hall–Kier alpha value is -3.36. The van der Waals surface area contributed by atoms with Crippen LogP contribution in [0.2, 0.25) is 5.02 Å². The third kappa shape index (κ3) is 7.83. The molecule has 3 aromatic rings. The molecule has 3 amide bonds. The molecular formula is C27H35ClN6O2. The van der Waals surface area contributed by atoms with Crippen molar-refractivity contribution in [2.45, 2.75) is 33.2 Å². The van der Waals surface area contributed by atoms with Gasteiger partial charge >= 0.3 is 6.03 Å². The van der Waals surface area contributed by atoms with E-state index in [1.165, 1.54) is 4.90 Å². The molecule has 0 fully saturated rings. The molecular weight excluding hydrogens is 476 g/mol. The lowest BCUT2D eigenvalue weighted by Crippen LogP contribution is -2.51. The van der Waals surface area contributed by atoms with E-state index < -0.39 is 5.54 Å². The summed E-state index contributed by atoms with van der Waals surface area (Å²) in [5.41, 5.74) is 3.14. The fourth-order valence-corrected chi connectivity index (χ4v) is 3.57. The maximum atomic E-state index is 13.1. The van der Waals surface area contributed by atoms with Crippen molar-refractivity contribution in [1.29, 1.82) is 0 Å². The van der Waals surface area contributed by atoms with E-state index in [-0.39, 0.29) is 18.5 Å². The van der Waals surface area contributed by atoms with Crippen molar-refractivity contribution in [2.24, 2.45) is 0 Å². The number of nitrogens with one attached hydrogen (secondary N) is 2. The standard InChI is InChI=1S/C27H35ClN6O2/c1-19-7-13-22(14-8-19)34-17-23(20-9-11-21(28)12-10-20)29-25(34)30-24(35)18-33(16-15-32(5)6)26(36)31-27(2,3)4/h7-14,17H,15-16,18H2,1-6H3,(H,31,36)(H,29,30,35). The Balaban J connectivity index is 1.87. The molecule has 0 saturated carbocycles. The van der Waals surface area contributed by atoms with Crippen LogP contribution in [0.25, 0.3) is 16.9 Å². The van der Waals surface area contributed by atoms with Gasteiger partial charge in [-0.15, -0.1) is 0 Å². The van der Waals surface area contributed by atoms with Crippen LogP contribution >= 0.6 is 11.6 Å². The Kier molecular flexibility index (Phi) is 8.76. The predicted molar refractivity (Wildman–Crippen MR) is 146 cm³/mol. The highest BCUT2D eigenvalue weighted by Crippen LogP contribution is 2.25. The number of rotatable bonds is 8. The summed E-state index contributed by atoms with van der Waals surface area (Å²) in [5.74, 6) is 0.0389. The van der Waals surface area contributed by atoms with Gasteiger partial charge in [-0.1, -0.05) is 41.4 Å². The first-order valence-corrected chi connectivity index (χ1v) is 12.2. The minimum atomic E-state index is -0.418. The quantitative estimate of drug-likeness (QED) is 0.455. The number of aryl methyl sites for hydroxylation is 1. The zero-order valence-electron chi connectivity index (χ0n) is 21.8. The lowest BCUT2D eigenvalue weighted by atomic mass is 10.1. The van der Waals surface area contributed by atoms with Crippen molar-refractivity contribution in [3.05, 3.63) is 65.3 Å². The van der Waals surface area contributed by atoms with Crippen LogP contribution in [0.1, 0.15) is 26.3 Å². The molecule has 1 heterocycles. The van der Waals surface area contributed by atoms with Crippen LogP contribution in [0.3, 0.4) is 0 Å². The van der Waals surface area contributed by atoms with Crippen molar-refractivity contribution in [1.82, 2.24) is 24.7 Å². The Morgan fingerprint density at radius 2 is 1.64 bits per heavy atom. The van der Waals surface area contributed by atoms with Crippen LogP contribution in [0.15, 0.2) is 54.7 Å². The minimum absolute atomic E-state index is 0.104. The van der Waals surface area contributed by atoms with Gasteiger partial charge in [0.2, 0.25) is 11.9 Å². The van der Waals surface area contributed by atoms with E-state index in [2.05, 4.69) is 10.6 Å². The van der Waals surface area contributed by atoms with E-state index in [0.717, 1.165) is 16.8 Å². The number of halogens is 1. The maximum absolute atomic E-state index is 13.1. The number of amides is 3. The number of benzene rings is 2. The molecule has 0 bridgehead atoms. The van der Waals surface area contributed by atoms with Gasteiger partial charge in [0.15, 0.2) is 0 Å². The first kappa shape index (κ1) is 27.2. The molecule has 1 aromatic heterocycles. The molecule has 3 rings (SSSR count). The molecule has 2 N–H and O–H groups in total. The van der Waals surface area contributed by atoms with Gasteiger partial charge in [0.25, 0.3) is 0 Å². The molecule has 8 nitrogen and oxygen atoms in total. The molecule has 9 heteroatoms. The Morgan fingerprint density at radius 1 is 1.00 bits per heavy atom. The van der Waals surface area contributed by atoms with Gasteiger partial charge in [-0.25, -0.2) is 9.78 Å². The largest absolute Gasteiger partial charge is 0.333 e. The maximum Gasteiger partial charge on any atom is 0.318 e. The van der Waals surface area contributed by atoms with E-state index >= 15 is 0 Å². The number of imidazole rings is 1. The zero-order chi connectivity index (χ0) is 26.5. The van der Waals surface area contributed by atoms with Crippen molar-refractivity contribution >= 4 is 29.5 Å². The van der Waals surface area contributed by atoms with Crippen LogP contribution in [0, 0.1) is 6.92 Å². The summed E-state index contributed by atoms with van der Waals surface area (Å²) >= 11 is 6.05. The van der Waals surface area contributed by atoms with E-state index in [1.807, 2.05) is 93.9 Å². The fraction of sp³-hybridized carbons (Fsp3) is 0.370. The van der Waals surface area contributed by atoms with Crippen LogP contribution in [-0.4, -0.2) is 70.6 Å². The van der Waals surface area contributed by atoms with Gasteiger partial charge in [-0.05, 0) is 66.1 Å². The molecule has 0 unspecified atom stereocenters. The van der Waals surface area contributed by atoms with Gasteiger partial charge in [0.1, 0.15) is 6.54 Å². The van der Waals surface area contributed by atoms with Crippen molar-refractivity contribution in [3.8, 4) is 16.9 Å². The van der Waals surface area contributed by atoms with Gasteiger partial charge in [0, 0.05) is 41.1 Å². The van der Waals surface area contributed by atoms with Crippen LogP contribution in [-0.2, 0) is 4.79 Å². The van der Waals surface area contributed by atoms with E-state index in [0.29, 0.717) is 29.8 Å². The summed E-state index contributed by atoms with van der Waals surface area (Å²) in [4.78, 5) is 34.2.